The van der Waals surface area contributed by atoms with Crippen molar-refractivity contribution in [3.05, 3.63) is 109 Å². The molecule has 0 aliphatic rings. The van der Waals surface area contributed by atoms with Crippen molar-refractivity contribution in [1.82, 2.24) is 0 Å². The molecule has 6 heteroatoms. The van der Waals surface area contributed by atoms with E-state index in [-0.39, 0.29) is 31.1 Å². The summed E-state index contributed by atoms with van der Waals surface area (Å²) in [6.07, 6.45) is 64.9. The first kappa shape index (κ1) is 57.1. The van der Waals surface area contributed by atoms with Gasteiger partial charge in [0, 0.05) is 19.3 Å². The van der Waals surface area contributed by atoms with Crippen LogP contribution in [0.1, 0.15) is 201 Å². The van der Waals surface area contributed by atoms with Crippen LogP contribution in [0.15, 0.2) is 109 Å². The Balaban J connectivity index is 4.51. The molecule has 0 aliphatic heterocycles. The lowest BCUT2D eigenvalue weighted by Gasteiger charge is -2.18. The van der Waals surface area contributed by atoms with Gasteiger partial charge in [-0.2, -0.15) is 0 Å². The van der Waals surface area contributed by atoms with Crippen LogP contribution in [0.25, 0.3) is 0 Å². The molecule has 0 aliphatic carbocycles. The predicted octanol–water partition coefficient (Wildman–Crippen LogP) is 16.0. The summed E-state index contributed by atoms with van der Waals surface area (Å²) >= 11 is 0. The van der Waals surface area contributed by atoms with Gasteiger partial charge in [0.05, 0.1) is 0 Å². The van der Waals surface area contributed by atoms with Crippen LogP contribution in [-0.4, -0.2) is 37.2 Å². The molecule has 0 rings (SSSR count). The Morgan fingerprint density at radius 3 is 1.07 bits per heavy atom. The van der Waals surface area contributed by atoms with Gasteiger partial charge in [0.25, 0.3) is 0 Å². The minimum atomic E-state index is -0.807. The number of esters is 3. The van der Waals surface area contributed by atoms with E-state index in [9.17, 15) is 14.4 Å². The maximum absolute atomic E-state index is 12.8. The summed E-state index contributed by atoms with van der Waals surface area (Å²) in [5, 5.41) is 0. The highest BCUT2D eigenvalue weighted by molar-refractivity contribution is 5.71. The molecule has 0 heterocycles. The summed E-state index contributed by atoms with van der Waals surface area (Å²) in [6, 6.07) is 0. The number of hydrogen-bond acceptors (Lipinski definition) is 6. The molecule has 0 saturated heterocycles. The van der Waals surface area contributed by atoms with Crippen molar-refractivity contribution in [3.63, 3.8) is 0 Å². The van der Waals surface area contributed by atoms with Crippen molar-refractivity contribution < 1.29 is 28.6 Å². The quantitative estimate of drug-likeness (QED) is 0.0200. The van der Waals surface area contributed by atoms with Crippen LogP contribution in [0.3, 0.4) is 0 Å². The van der Waals surface area contributed by atoms with E-state index >= 15 is 0 Å². The molecule has 0 aromatic rings. The lowest BCUT2D eigenvalue weighted by atomic mass is 10.1. The Morgan fingerprint density at radius 2 is 0.656 bits per heavy atom. The van der Waals surface area contributed by atoms with Gasteiger partial charge >= 0.3 is 17.9 Å². The molecule has 0 spiro atoms. The molecular formula is C55H88O6. The highest BCUT2D eigenvalue weighted by Crippen LogP contribution is 2.13. The second-order valence-corrected chi connectivity index (χ2v) is 15.8. The third kappa shape index (κ3) is 47.0. The minimum absolute atomic E-state index is 0.107. The Morgan fingerprint density at radius 1 is 0.344 bits per heavy atom. The van der Waals surface area contributed by atoms with Gasteiger partial charge in [-0.25, -0.2) is 0 Å². The molecular weight excluding hydrogens is 757 g/mol. The summed E-state index contributed by atoms with van der Waals surface area (Å²) in [7, 11) is 0. The van der Waals surface area contributed by atoms with Gasteiger partial charge in [-0.15, -0.1) is 0 Å². The third-order valence-corrected chi connectivity index (χ3v) is 9.93. The van der Waals surface area contributed by atoms with E-state index in [1.807, 2.05) is 60.8 Å². The zero-order chi connectivity index (χ0) is 44.4. The highest BCUT2D eigenvalue weighted by atomic mass is 16.6. The van der Waals surface area contributed by atoms with Crippen LogP contribution >= 0.6 is 0 Å². The fourth-order valence-corrected chi connectivity index (χ4v) is 6.28. The Kier molecular flexibility index (Phi) is 45.6. The summed E-state index contributed by atoms with van der Waals surface area (Å²) in [5.74, 6) is -0.981. The Labute approximate surface area is 374 Å². The number of unbranched alkanes of at least 4 members (excludes halogenated alkanes) is 19. The van der Waals surface area contributed by atoms with Crippen LogP contribution in [0, 0.1) is 0 Å². The Hall–Kier alpha value is -3.93. The normalized spacial score (nSPS) is 13.0. The smallest absolute Gasteiger partial charge is 0.306 e. The Bertz CT molecular complexity index is 1290. The van der Waals surface area contributed by atoms with E-state index in [0.29, 0.717) is 19.3 Å². The molecule has 0 radical (unpaired) electrons. The standard InChI is InChI=1S/C55H88O6/c1-4-7-10-13-16-19-22-25-27-30-33-36-39-42-45-48-54(57)60-51-52(50-59-53(56)47-44-41-38-35-32-29-24-21-18-15-12-9-6-3)61-55(58)49-46-43-40-37-34-31-28-26-23-20-17-14-11-8-5-2/h7,9-10,12-13,15-16,18-25,27,29,32,52H,4-6,8,11,14,17,26,28,30-31,33-51H2,1-3H3/b10-7+,12-9+,16-13+,18-15+,22-19+,23-20+,24-21+,27-25+,32-29+. The van der Waals surface area contributed by atoms with Gasteiger partial charge in [0.15, 0.2) is 6.10 Å². The second-order valence-electron chi connectivity index (χ2n) is 15.8. The van der Waals surface area contributed by atoms with Crippen LogP contribution < -0.4 is 0 Å². The number of carbonyl (C=O) groups excluding carboxylic acids is 3. The number of allylic oxidation sites excluding steroid dienone is 18. The maximum Gasteiger partial charge on any atom is 0.306 e. The maximum atomic E-state index is 12.8. The molecule has 0 aromatic carbocycles. The predicted molar refractivity (Wildman–Crippen MR) is 260 cm³/mol. The summed E-state index contributed by atoms with van der Waals surface area (Å²) in [4.78, 5) is 37.9. The van der Waals surface area contributed by atoms with E-state index in [2.05, 4.69) is 69.4 Å². The van der Waals surface area contributed by atoms with Crippen molar-refractivity contribution >= 4 is 17.9 Å². The average Bonchev–Trinajstić information content (AvgIpc) is 3.26. The minimum Gasteiger partial charge on any atom is -0.462 e. The largest absolute Gasteiger partial charge is 0.462 e. The topological polar surface area (TPSA) is 78.9 Å². The molecule has 6 nitrogen and oxygen atoms in total. The number of ether oxygens (including phenoxy) is 3. The summed E-state index contributed by atoms with van der Waals surface area (Å²) in [6.45, 7) is 6.27. The van der Waals surface area contributed by atoms with Crippen LogP contribution in [0.5, 0.6) is 0 Å². The fraction of sp³-hybridized carbons (Fsp3) is 0.618. The van der Waals surface area contributed by atoms with Gasteiger partial charge in [0.2, 0.25) is 0 Å². The van der Waals surface area contributed by atoms with Crippen LogP contribution in [-0.2, 0) is 28.6 Å². The molecule has 0 saturated carbocycles. The lowest BCUT2D eigenvalue weighted by Crippen LogP contribution is -2.30. The number of hydrogen-bond donors (Lipinski definition) is 0. The zero-order valence-electron chi connectivity index (χ0n) is 39.1. The molecule has 0 bridgehead atoms. The van der Waals surface area contributed by atoms with Crippen molar-refractivity contribution in [2.45, 2.75) is 207 Å². The first-order chi connectivity index (χ1) is 30.0. The van der Waals surface area contributed by atoms with E-state index < -0.39 is 6.10 Å². The van der Waals surface area contributed by atoms with E-state index in [1.165, 1.54) is 64.2 Å². The highest BCUT2D eigenvalue weighted by Gasteiger charge is 2.19. The van der Waals surface area contributed by atoms with Crippen molar-refractivity contribution in [2.24, 2.45) is 0 Å². The molecule has 0 amide bonds. The van der Waals surface area contributed by atoms with Crippen molar-refractivity contribution in [1.29, 1.82) is 0 Å². The fourth-order valence-electron chi connectivity index (χ4n) is 6.28. The summed E-state index contributed by atoms with van der Waals surface area (Å²) in [5.41, 5.74) is 0. The SMILES string of the molecule is CC/C=C/C=C/C=C/C=C/CCCCCCCC(=O)OCC(COC(=O)CCCCC/C=C/C=C/C=C/C=C/CC)OC(=O)CCCCCCCCC/C=C/CCCCCC. The van der Waals surface area contributed by atoms with Crippen LogP contribution in [0.2, 0.25) is 0 Å². The van der Waals surface area contributed by atoms with Gasteiger partial charge < -0.3 is 14.2 Å². The molecule has 0 fully saturated rings. The molecule has 0 aromatic heterocycles. The number of rotatable bonds is 42. The average molecular weight is 845 g/mol. The van der Waals surface area contributed by atoms with Crippen molar-refractivity contribution in [2.75, 3.05) is 13.2 Å². The monoisotopic (exact) mass is 845 g/mol. The van der Waals surface area contributed by atoms with Gasteiger partial charge in [-0.1, -0.05) is 207 Å². The van der Waals surface area contributed by atoms with E-state index in [4.69, 9.17) is 14.2 Å². The van der Waals surface area contributed by atoms with Gasteiger partial charge in [-0.3, -0.25) is 14.4 Å². The first-order valence-electron chi connectivity index (χ1n) is 24.5. The molecule has 61 heavy (non-hydrogen) atoms. The van der Waals surface area contributed by atoms with Gasteiger partial charge in [-0.05, 0) is 83.5 Å². The third-order valence-electron chi connectivity index (χ3n) is 9.93. The lowest BCUT2D eigenvalue weighted by molar-refractivity contribution is -0.167. The van der Waals surface area contributed by atoms with Crippen LogP contribution in [0.4, 0.5) is 0 Å². The molecule has 344 valence electrons. The van der Waals surface area contributed by atoms with Crippen molar-refractivity contribution in [3.8, 4) is 0 Å². The first-order valence-corrected chi connectivity index (χ1v) is 24.5. The second kappa shape index (κ2) is 48.7. The van der Waals surface area contributed by atoms with E-state index in [0.717, 1.165) is 96.3 Å². The molecule has 1 unspecified atom stereocenters. The van der Waals surface area contributed by atoms with Gasteiger partial charge in [0.1, 0.15) is 13.2 Å². The van der Waals surface area contributed by atoms with E-state index in [1.54, 1.807) is 0 Å². The zero-order valence-corrected chi connectivity index (χ0v) is 39.1. The molecule has 0 N–H and O–H groups in total. The summed E-state index contributed by atoms with van der Waals surface area (Å²) < 4.78 is 16.7. The number of carbonyl (C=O) groups is 3. The molecule has 1 atom stereocenters.